The number of amides is 1. The van der Waals surface area contributed by atoms with E-state index in [9.17, 15) is 4.79 Å². The second kappa shape index (κ2) is 6.89. The molecule has 1 aromatic heterocycles. The Morgan fingerprint density at radius 1 is 1.38 bits per heavy atom. The van der Waals surface area contributed by atoms with Crippen molar-refractivity contribution in [3.05, 3.63) is 24.0 Å². The summed E-state index contributed by atoms with van der Waals surface area (Å²) in [6, 6.07) is 4.51. The summed E-state index contributed by atoms with van der Waals surface area (Å²) >= 11 is 0. The van der Waals surface area contributed by atoms with Gasteiger partial charge in [0.2, 0.25) is 0 Å². The van der Waals surface area contributed by atoms with Crippen molar-refractivity contribution < 1.29 is 4.79 Å². The topological polar surface area (TPSA) is 48.5 Å². The molecule has 1 aliphatic heterocycles. The molecule has 5 nitrogen and oxygen atoms in total. The second-order valence-corrected chi connectivity index (χ2v) is 5.93. The Hall–Kier alpha value is -1.62. The summed E-state index contributed by atoms with van der Waals surface area (Å²) in [6.45, 7) is 8.85. The third-order valence-electron chi connectivity index (χ3n) is 4.21. The Morgan fingerprint density at radius 2 is 2.05 bits per heavy atom. The van der Waals surface area contributed by atoms with Gasteiger partial charge in [0.1, 0.15) is 5.69 Å². The number of anilines is 1. The molecule has 0 saturated carbocycles. The van der Waals surface area contributed by atoms with E-state index in [0.29, 0.717) is 17.8 Å². The molecule has 2 heterocycles. The highest BCUT2D eigenvalue weighted by Gasteiger charge is 2.30. The van der Waals surface area contributed by atoms with Crippen molar-refractivity contribution >= 4 is 11.6 Å². The fourth-order valence-corrected chi connectivity index (χ4v) is 2.66. The zero-order valence-electron chi connectivity index (χ0n) is 13.5. The lowest BCUT2D eigenvalue weighted by Crippen LogP contribution is -2.56. The predicted molar refractivity (Wildman–Crippen MR) is 85.6 cm³/mol. The summed E-state index contributed by atoms with van der Waals surface area (Å²) in [4.78, 5) is 21.1. The van der Waals surface area contributed by atoms with Crippen molar-refractivity contribution in [2.75, 3.05) is 32.0 Å². The van der Waals surface area contributed by atoms with Gasteiger partial charge in [-0.05, 0) is 39.4 Å². The molecule has 0 radical (unpaired) electrons. The fourth-order valence-electron chi connectivity index (χ4n) is 2.66. The molecule has 0 spiro atoms. The molecular formula is C16H26N4O. The molecule has 1 aliphatic rings. The van der Waals surface area contributed by atoms with Crippen LogP contribution < -0.4 is 5.32 Å². The zero-order valence-corrected chi connectivity index (χ0v) is 13.5. The van der Waals surface area contributed by atoms with Crippen LogP contribution in [0.25, 0.3) is 0 Å². The van der Waals surface area contributed by atoms with Crippen LogP contribution in [0.5, 0.6) is 0 Å². The number of rotatable bonds is 4. The molecule has 1 aromatic rings. The highest BCUT2D eigenvalue weighted by atomic mass is 16.2. The first-order valence-electron chi connectivity index (χ1n) is 7.74. The Bertz CT molecular complexity index is 479. The highest BCUT2D eigenvalue weighted by molar-refractivity contribution is 5.93. The van der Waals surface area contributed by atoms with E-state index in [1.165, 1.54) is 0 Å². The molecule has 1 amide bonds. The van der Waals surface area contributed by atoms with Gasteiger partial charge in [0.15, 0.2) is 0 Å². The van der Waals surface area contributed by atoms with Crippen molar-refractivity contribution in [3.63, 3.8) is 0 Å². The molecule has 116 valence electrons. The minimum Gasteiger partial charge on any atom is -0.385 e. The summed E-state index contributed by atoms with van der Waals surface area (Å²) < 4.78 is 0. The molecule has 0 bridgehead atoms. The maximum atomic E-state index is 12.6. The smallest absolute Gasteiger partial charge is 0.272 e. The van der Waals surface area contributed by atoms with Gasteiger partial charge in [-0.25, -0.2) is 0 Å². The summed E-state index contributed by atoms with van der Waals surface area (Å²) in [5, 5.41) is 3.30. The molecule has 1 saturated heterocycles. The summed E-state index contributed by atoms with van der Waals surface area (Å²) in [6.07, 6.45) is 2.76. The van der Waals surface area contributed by atoms with Crippen LogP contribution in [0.2, 0.25) is 0 Å². The number of carbonyl (C=O) groups excluding carboxylic acids is 1. The number of hydrogen-bond donors (Lipinski definition) is 1. The number of hydrogen-bond acceptors (Lipinski definition) is 4. The van der Waals surface area contributed by atoms with Crippen LogP contribution in [-0.4, -0.2) is 59.5 Å². The minimum absolute atomic E-state index is 0.0296. The second-order valence-electron chi connectivity index (χ2n) is 5.93. The van der Waals surface area contributed by atoms with Gasteiger partial charge in [0, 0.05) is 43.6 Å². The van der Waals surface area contributed by atoms with E-state index in [1.807, 2.05) is 17.0 Å². The van der Waals surface area contributed by atoms with Crippen molar-refractivity contribution in [2.24, 2.45) is 0 Å². The first-order valence-corrected chi connectivity index (χ1v) is 7.74. The summed E-state index contributed by atoms with van der Waals surface area (Å²) in [5.41, 5.74) is 1.49. The Kier molecular flexibility index (Phi) is 5.17. The van der Waals surface area contributed by atoms with E-state index in [1.54, 1.807) is 6.20 Å². The van der Waals surface area contributed by atoms with E-state index in [2.05, 4.69) is 43.0 Å². The Morgan fingerprint density at radius 3 is 2.67 bits per heavy atom. The van der Waals surface area contributed by atoms with Crippen molar-refractivity contribution in [1.29, 1.82) is 0 Å². The third kappa shape index (κ3) is 3.73. The first kappa shape index (κ1) is 15.8. The van der Waals surface area contributed by atoms with E-state index < -0.39 is 0 Å². The van der Waals surface area contributed by atoms with Gasteiger partial charge in [-0.2, -0.15) is 0 Å². The van der Waals surface area contributed by atoms with Crippen molar-refractivity contribution in [2.45, 2.75) is 39.3 Å². The molecule has 0 aromatic carbocycles. The third-order valence-corrected chi connectivity index (χ3v) is 4.21. The van der Waals surface area contributed by atoms with Gasteiger partial charge in [-0.15, -0.1) is 0 Å². The number of nitrogens with one attached hydrogen (secondary N) is 1. The summed E-state index contributed by atoms with van der Waals surface area (Å²) in [5.74, 6) is 0.0296. The van der Waals surface area contributed by atoms with Crippen LogP contribution in [0.4, 0.5) is 5.69 Å². The van der Waals surface area contributed by atoms with Crippen LogP contribution in [0.1, 0.15) is 37.7 Å². The molecule has 5 heteroatoms. The maximum absolute atomic E-state index is 12.6. The van der Waals surface area contributed by atoms with Gasteiger partial charge in [-0.3, -0.25) is 14.7 Å². The molecule has 2 rings (SSSR count). The number of nitrogens with zero attached hydrogens (tertiary/aromatic N) is 3. The standard InChI is InChI=1S/C16H26N4O/c1-5-7-17-14-6-8-18-15(9-14)16(21)20-10-12(2)19(4)13(3)11-20/h6,8-9,12-13H,5,7,10-11H2,1-4H3,(H,17,18). The van der Waals surface area contributed by atoms with Crippen molar-refractivity contribution in [1.82, 2.24) is 14.8 Å². The number of piperazine rings is 1. The van der Waals surface area contributed by atoms with Gasteiger partial charge < -0.3 is 10.2 Å². The van der Waals surface area contributed by atoms with Gasteiger partial charge in [0.05, 0.1) is 0 Å². The van der Waals surface area contributed by atoms with Gasteiger partial charge in [-0.1, -0.05) is 6.92 Å². The first-order chi connectivity index (χ1) is 10.0. The highest BCUT2D eigenvalue weighted by Crippen LogP contribution is 2.17. The van der Waals surface area contributed by atoms with E-state index in [-0.39, 0.29) is 5.91 Å². The zero-order chi connectivity index (χ0) is 15.4. The molecule has 2 unspecified atom stereocenters. The predicted octanol–water partition coefficient (Wildman–Crippen LogP) is 2.07. The maximum Gasteiger partial charge on any atom is 0.272 e. The lowest BCUT2D eigenvalue weighted by Gasteiger charge is -2.42. The fraction of sp³-hybridized carbons (Fsp3) is 0.625. The minimum atomic E-state index is 0.0296. The van der Waals surface area contributed by atoms with E-state index in [0.717, 1.165) is 31.7 Å². The normalized spacial score (nSPS) is 23.1. The van der Waals surface area contributed by atoms with Crippen LogP contribution in [0, 0.1) is 0 Å². The van der Waals surface area contributed by atoms with Crippen LogP contribution in [0.3, 0.4) is 0 Å². The number of pyridine rings is 1. The van der Waals surface area contributed by atoms with Gasteiger partial charge in [0.25, 0.3) is 5.91 Å². The van der Waals surface area contributed by atoms with Crippen LogP contribution in [-0.2, 0) is 0 Å². The average Bonchev–Trinajstić information content (AvgIpc) is 2.49. The average molecular weight is 290 g/mol. The monoisotopic (exact) mass is 290 g/mol. The molecule has 2 atom stereocenters. The summed E-state index contributed by atoms with van der Waals surface area (Å²) in [7, 11) is 2.12. The molecule has 1 N–H and O–H groups in total. The lowest BCUT2D eigenvalue weighted by molar-refractivity contribution is 0.0409. The number of likely N-dealkylation sites (N-methyl/N-ethyl adjacent to an activating group) is 1. The van der Waals surface area contributed by atoms with E-state index >= 15 is 0 Å². The van der Waals surface area contributed by atoms with Crippen LogP contribution >= 0.6 is 0 Å². The number of aromatic nitrogens is 1. The SMILES string of the molecule is CCCNc1ccnc(C(=O)N2CC(C)N(C)C(C)C2)c1. The molecule has 21 heavy (non-hydrogen) atoms. The molecular weight excluding hydrogens is 264 g/mol. The molecule has 1 fully saturated rings. The largest absolute Gasteiger partial charge is 0.385 e. The number of carbonyl (C=O) groups is 1. The van der Waals surface area contributed by atoms with Crippen LogP contribution in [0.15, 0.2) is 18.3 Å². The Labute approximate surface area is 127 Å². The lowest BCUT2D eigenvalue weighted by atomic mass is 10.1. The van der Waals surface area contributed by atoms with Gasteiger partial charge >= 0.3 is 0 Å². The molecule has 0 aliphatic carbocycles. The quantitative estimate of drug-likeness (QED) is 0.922. The Balaban J connectivity index is 2.09. The van der Waals surface area contributed by atoms with Crippen molar-refractivity contribution in [3.8, 4) is 0 Å². The van der Waals surface area contributed by atoms with E-state index in [4.69, 9.17) is 0 Å².